The van der Waals surface area contributed by atoms with E-state index in [1.165, 1.54) is 32.4 Å². The summed E-state index contributed by atoms with van der Waals surface area (Å²) in [6.07, 6.45) is 4.00. The van der Waals surface area contributed by atoms with Gasteiger partial charge < -0.3 is 10.3 Å². The summed E-state index contributed by atoms with van der Waals surface area (Å²) < 4.78 is 3.18. The number of hydrogen-bond acceptors (Lipinski definition) is 3. The first kappa shape index (κ1) is 13.9. The van der Waals surface area contributed by atoms with Crippen molar-refractivity contribution >= 4 is 32.9 Å². The van der Waals surface area contributed by atoms with Crippen molar-refractivity contribution in [2.75, 3.05) is 18.8 Å². The van der Waals surface area contributed by atoms with Crippen molar-refractivity contribution in [3.8, 4) is 0 Å². The Balaban J connectivity index is 1.84. The topological polar surface area (TPSA) is 47.1 Å². The molecule has 5 heteroatoms. The molecule has 1 atom stereocenters. The highest BCUT2D eigenvalue weighted by Gasteiger charge is 2.19. The summed E-state index contributed by atoms with van der Waals surface area (Å²) in [7, 11) is 0. The molecule has 0 amide bonds. The number of likely N-dealkylation sites (tertiary alicyclic amines) is 1. The molecule has 0 bridgehead atoms. The number of piperidine rings is 1. The summed E-state index contributed by atoms with van der Waals surface area (Å²) in [6, 6.07) is 6.66. The first-order valence-corrected chi connectivity index (χ1v) is 8.10. The largest absolute Gasteiger partial charge is 0.369 e. The lowest BCUT2D eigenvalue weighted by Crippen LogP contribution is -2.39. The van der Waals surface area contributed by atoms with E-state index in [1.807, 2.05) is 12.1 Å². The van der Waals surface area contributed by atoms with Crippen LogP contribution in [0.4, 0.5) is 5.95 Å². The molecule has 20 heavy (non-hydrogen) atoms. The van der Waals surface area contributed by atoms with Crippen LogP contribution < -0.4 is 5.73 Å². The number of aromatic nitrogens is 2. The third-order valence-electron chi connectivity index (χ3n) is 4.20. The zero-order chi connectivity index (χ0) is 14.1. The van der Waals surface area contributed by atoms with Gasteiger partial charge in [-0.25, -0.2) is 4.98 Å². The summed E-state index contributed by atoms with van der Waals surface area (Å²) >= 11 is 3.48. The van der Waals surface area contributed by atoms with Crippen molar-refractivity contribution in [1.82, 2.24) is 14.5 Å². The molecular weight excluding hydrogens is 316 g/mol. The molecule has 1 saturated heterocycles. The average molecular weight is 337 g/mol. The molecule has 1 aliphatic rings. The van der Waals surface area contributed by atoms with Crippen LogP contribution in [0.15, 0.2) is 22.7 Å². The molecule has 1 aliphatic heterocycles. The lowest BCUT2D eigenvalue weighted by molar-refractivity contribution is 0.161. The van der Waals surface area contributed by atoms with E-state index < -0.39 is 0 Å². The summed E-state index contributed by atoms with van der Waals surface area (Å²) in [5, 5.41) is 0. The monoisotopic (exact) mass is 336 g/mol. The minimum Gasteiger partial charge on any atom is -0.369 e. The number of nitrogens with zero attached hydrogens (tertiary/aromatic N) is 3. The van der Waals surface area contributed by atoms with Crippen LogP contribution >= 0.6 is 15.9 Å². The molecular formula is C15H21BrN4. The predicted molar refractivity (Wildman–Crippen MR) is 86.7 cm³/mol. The molecule has 1 aromatic carbocycles. The van der Waals surface area contributed by atoms with Crippen LogP contribution in [-0.4, -0.2) is 33.6 Å². The fourth-order valence-corrected chi connectivity index (χ4v) is 3.40. The first-order chi connectivity index (χ1) is 9.65. The molecule has 1 unspecified atom stereocenters. The quantitative estimate of drug-likeness (QED) is 0.935. The van der Waals surface area contributed by atoms with Gasteiger partial charge in [-0.05, 0) is 51.1 Å². The highest BCUT2D eigenvalue weighted by molar-refractivity contribution is 9.10. The van der Waals surface area contributed by atoms with E-state index in [1.54, 1.807) is 0 Å². The van der Waals surface area contributed by atoms with Gasteiger partial charge in [-0.3, -0.25) is 4.90 Å². The van der Waals surface area contributed by atoms with Gasteiger partial charge in [0.15, 0.2) is 0 Å². The van der Waals surface area contributed by atoms with Crippen LogP contribution in [0.5, 0.6) is 0 Å². The molecule has 1 aromatic heterocycles. The van der Waals surface area contributed by atoms with E-state index in [-0.39, 0.29) is 0 Å². The second-order valence-corrected chi connectivity index (χ2v) is 6.57. The van der Waals surface area contributed by atoms with E-state index in [4.69, 9.17) is 5.73 Å². The first-order valence-electron chi connectivity index (χ1n) is 7.30. The number of anilines is 1. The summed E-state index contributed by atoms with van der Waals surface area (Å²) in [5.74, 6) is 0.613. The zero-order valence-electron chi connectivity index (χ0n) is 11.8. The van der Waals surface area contributed by atoms with Crippen molar-refractivity contribution in [3.63, 3.8) is 0 Å². The molecule has 0 spiro atoms. The molecule has 3 rings (SSSR count). The Bertz CT molecular complexity index is 601. The SMILES string of the molecule is CC(Cn1c(N)nc2cc(Br)ccc21)N1CCCCC1. The van der Waals surface area contributed by atoms with Crippen LogP contribution in [0.25, 0.3) is 11.0 Å². The van der Waals surface area contributed by atoms with Crippen LogP contribution in [0.1, 0.15) is 26.2 Å². The minimum absolute atomic E-state index is 0.499. The molecule has 4 nitrogen and oxygen atoms in total. The van der Waals surface area contributed by atoms with Crippen LogP contribution in [0, 0.1) is 0 Å². The van der Waals surface area contributed by atoms with Gasteiger partial charge in [-0.1, -0.05) is 22.4 Å². The Morgan fingerprint density at radius 2 is 2.05 bits per heavy atom. The number of imidazole rings is 1. The lowest BCUT2D eigenvalue weighted by Gasteiger charge is -2.32. The van der Waals surface area contributed by atoms with Gasteiger partial charge in [-0.15, -0.1) is 0 Å². The third kappa shape index (κ3) is 2.69. The summed E-state index contributed by atoms with van der Waals surface area (Å²) in [4.78, 5) is 7.03. The molecule has 2 N–H and O–H groups in total. The highest BCUT2D eigenvalue weighted by atomic mass is 79.9. The number of hydrogen-bond donors (Lipinski definition) is 1. The Morgan fingerprint density at radius 3 is 2.80 bits per heavy atom. The predicted octanol–water partition coefficient (Wildman–Crippen LogP) is 3.26. The molecule has 2 aromatic rings. The lowest BCUT2D eigenvalue weighted by atomic mass is 10.1. The molecule has 108 valence electrons. The van der Waals surface area contributed by atoms with E-state index in [0.29, 0.717) is 12.0 Å². The Labute approximate surface area is 128 Å². The number of nitrogen functional groups attached to an aromatic ring is 1. The van der Waals surface area contributed by atoms with Crippen LogP contribution in [0.3, 0.4) is 0 Å². The van der Waals surface area contributed by atoms with Crippen molar-refractivity contribution in [1.29, 1.82) is 0 Å². The van der Waals surface area contributed by atoms with Gasteiger partial charge >= 0.3 is 0 Å². The van der Waals surface area contributed by atoms with Gasteiger partial charge in [-0.2, -0.15) is 0 Å². The fraction of sp³-hybridized carbons (Fsp3) is 0.533. The third-order valence-corrected chi connectivity index (χ3v) is 4.69. The molecule has 0 aliphatic carbocycles. The molecule has 2 heterocycles. The number of nitrogens with two attached hydrogens (primary N) is 1. The van der Waals surface area contributed by atoms with Gasteiger partial charge in [0.05, 0.1) is 11.0 Å². The Hall–Kier alpha value is -1.07. The maximum absolute atomic E-state index is 6.10. The molecule has 0 saturated carbocycles. The van der Waals surface area contributed by atoms with Gasteiger partial charge in [0.2, 0.25) is 5.95 Å². The second-order valence-electron chi connectivity index (χ2n) is 5.66. The number of halogens is 1. The second kappa shape index (κ2) is 5.74. The number of rotatable bonds is 3. The van der Waals surface area contributed by atoms with E-state index in [9.17, 15) is 0 Å². The van der Waals surface area contributed by atoms with Crippen LogP contribution in [-0.2, 0) is 6.54 Å². The zero-order valence-corrected chi connectivity index (χ0v) is 13.4. The van der Waals surface area contributed by atoms with Crippen molar-refractivity contribution in [2.45, 2.75) is 38.8 Å². The normalized spacial score (nSPS) is 18.5. The summed E-state index contributed by atoms with van der Waals surface area (Å²) in [6.45, 7) is 5.61. The Morgan fingerprint density at radius 1 is 1.30 bits per heavy atom. The molecule has 1 fully saturated rings. The number of fused-ring (bicyclic) bond motifs is 1. The van der Waals surface area contributed by atoms with Crippen molar-refractivity contribution in [3.05, 3.63) is 22.7 Å². The van der Waals surface area contributed by atoms with Gasteiger partial charge in [0.1, 0.15) is 0 Å². The van der Waals surface area contributed by atoms with Crippen molar-refractivity contribution < 1.29 is 0 Å². The standard InChI is InChI=1S/C15H21BrN4/c1-11(19-7-3-2-4-8-19)10-20-14-6-5-12(16)9-13(14)18-15(20)17/h5-6,9,11H,2-4,7-8,10H2,1H3,(H2,17,18). The molecule has 0 radical (unpaired) electrons. The highest BCUT2D eigenvalue weighted by Crippen LogP contribution is 2.23. The average Bonchev–Trinajstić information content (AvgIpc) is 2.75. The maximum atomic E-state index is 6.10. The maximum Gasteiger partial charge on any atom is 0.201 e. The van der Waals surface area contributed by atoms with Crippen LogP contribution in [0.2, 0.25) is 0 Å². The van der Waals surface area contributed by atoms with E-state index in [0.717, 1.165) is 22.1 Å². The smallest absolute Gasteiger partial charge is 0.201 e. The number of benzene rings is 1. The van der Waals surface area contributed by atoms with E-state index in [2.05, 4.69) is 43.4 Å². The van der Waals surface area contributed by atoms with E-state index >= 15 is 0 Å². The minimum atomic E-state index is 0.499. The Kier molecular flexibility index (Phi) is 3.98. The van der Waals surface area contributed by atoms with Crippen molar-refractivity contribution in [2.24, 2.45) is 0 Å². The summed E-state index contributed by atoms with van der Waals surface area (Å²) in [5.41, 5.74) is 8.18. The van der Waals surface area contributed by atoms with Gasteiger partial charge in [0, 0.05) is 17.1 Å². The van der Waals surface area contributed by atoms with Gasteiger partial charge in [0.25, 0.3) is 0 Å². The fourth-order valence-electron chi connectivity index (χ4n) is 3.05.